The Bertz CT molecular complexity index is 782. The van der Waals surface area contributed by atoms with Gasteiger partial charge in [-0.3, -0.25) is 5.10 Å². The second-order valence-corrected chi connectivity index (χ2v) is 4.90. The third-order valence-corrected chi connectivity index (χ3v) is 3.56. The summed E-state index contributed by atoms with van der Waals surface area (Å²) in [6.45, 7) is 0.558. The van der Waals surface area contributed by atoms with Gasteiger partial charge in [-0.2, -0.15) is 5.10 Å². The van der Waals surface area contributed by atoms with E-state index in [0.29, 0.717) is 6.61 Å². The maximum Gasteiger partial charge on any atom is 0.128 e. The van der Waals surface area contributed by atoms with Crippen LogP contribution in [0.3, 0.4) is 0 Å². The molecule has 0 fully saturated rings. The summed E-state index contributed by atoms with van der Waals surface area (Å²) in [6, 6.07) is 11.4. The average Bonchev–Trinajstić information content (AvgIpc) is 3.05. The number of hydrogen-bond donors (Lipinski definition) is 3. The van der Waals surface area contributed by atoms with Crippen LogP contribution < -0.4 is 10.1 Å². The Morgan fingerprint density at radius 2 is 2.20 bits per heavy atom. The number of aromatic hydroxyl groups is 1. The van der Waals surface area contributed by atoms with Crippen molar-refractivity contribution in [2.24, 2.45) is 0 Å². The van der Waals surface area contributed by atoms with Crippen molar-refractivity contribution in [3.8, 4) is 11.5 Å². The number of fused-ring (bicyclic) bond motifs is 2. The van der Waals surface area contributed by atoms with Gasteiger partial charge in [-0.25, -0.2) is 0 Å². The summed E-state index contributed by atoms with van der Waals surface area (Å²) >= 11 is 0. The number of anilines is 1. The number of rotatable bonds is 2. The smallest absolute Gasteiger partial charge is 0.128 e. The third kappa shape index (κ3) is 1.75. The zero-order valence-corrected chi connectivity index (χ0v) is 10.6. The van der Waals surface area contributed by atoms with Crippen LogP contribution in [0.2, 0.25) is 0 Å². The topological polar surface area (TPSA) is 70.2 Å². The molecule has 3 N–H and O–H groups in total. The quantitative estimate of drug-likeness (QED) is 0.667. The van der Waals surface area contributed by atoms with E-state index in [1.807, 2.05) is 18.2 Å². The number of H-pyrrole nitrogens is 1. The summed E-state index contributed by atoms with van der Waals surface area (Å²) in [6.07, 6.45) is 1.80. The van der Waals surface area contributed by atoms with E-state index in [9.17, 15) is 5.11 Å². The zero-order valence-electron chi connectivity index (χ0n) is 10.6. The Morgan fingerprint density at radius 1 is 1.25 bits per heavy atom. The van der Waals surface area contributed by atoms with Gasteiger partial charge in [0.1, 0.15) is 18.1 Å². The number of nitrogens with one attached hydrogen (secondary N) is 2. The molecule has 1 atom stereocenters. The second kappa shape index (κ2) is 4.16. The first-order valence-corrected chi connectivity index (χ1v) is 6.45. The minimum atomic E-state index is 0.0925. The van der Waals surface area contributed by atoms with Gasteiger partial charge in [0.05, 0.1) is 17.8 Å². The van der Waals surface area contributed by atoms with Crippen LogP contribution in [0.25, 0.3) is 10.9 Å². The molecule has 1 aromatic heterocycles. The fraction of sp³-hybridized carbons (Fsp3) is 0.133. The van der Waals surface area contributed by atoms with E-state index in [-0.39, 0.29) is 11.8 Å². The van der Waals surface area contributed by atoms with Gasteiger partial charge in [0.25, 0.3) is 0 Å². The van der Waals surface area contributed by atoms with E-state index < -0.39 is 0 Å². The Labute approximate surface area is 115 Å². The fourth-order valence-electron chi connectivity index (χ4n) is 2.55. The molecule has 1 aliphatic rings. The SMILES string of the molecule is Oc1ccc2c(c1)OCC2Nc1ccc2[nH]ncc2c1. The Balaban J connectivity index is 1.64. The number of phenolic OH excluding ortho intramolecular Hbond substituents is 1. The molecule has 4 rings (SSSR count). The van der Waals surface area contributed by atoms with Crippen LogP contribution >= 0.6 is 0 Å². The normalized spacial score (nSPS) is 16.9. The molecular weight excluding hydrogens is 254 g/mol. The number of aromatic amines is 1. The molecule has 5 nitrogen and oxygen atoms in total. The van der Waals surface area contributed by atoms with Crippen molar-refractivity contribution in [2.75, 3.05) is 11.9 Å². The molecule has 1 unspecified atom stereocenters. The lowest BCUT2D eigenvalue weighted by molar-refractivity contribution is 0.338. The van der Waals surface area contributed by atoms with Gasteiger partial charge in [-0.1, -0.05) is 0 Å². The standard InChI is InChI=1S/C15H13N3O2/c19-11-2-3-12-14(8-20-15(12)6-11)17-10-1-4-13-9(5-10)7-16-18-13/h1-7,14,17,19H,8H2,(H,16,18). The maximum absolute atomic E-state index is 9.46. The van der Waals surface area contributed by atoms with Gasteiger partial charge in [0.15, 0.2) is 0 Å². The van der Waals surface area contributed by atoms with Gasteiger partial charge < -0.3 is 15.2 Å². The monoisotopic (exact) mass is 267 g/mol. The molecule has 0 spiro atoms. The summed E-state index contributed by atoms with van der Waals surface area (Å²) in [4.78, 5) is 0. The lowest BCUT2D eigenvalue weighted by Gasteiger charge is -2.13. The largest absolute Gasteiger partial charge is 0.508 e. The molecule has 0 saturated heterocycles. The Kier molecular flexibility index (Phi) is 2.32. The number of aromatic nitrogens is 2. The predicted octanol–water partition coefficient (Wildman–Crippen LogP) is 2.81. The Morgan fingerprint density at radius 3 is 3.15 bits per heavy atom. The summed E-state index contributed by atoms with van der Waals surface area (Å²) in [7, 11) is 0. The van der Waals surface area contributed by atoms with Crippen LogP contribution in [-0.4, -0.2) is 21.9 Å². The average molecular weight is 267 g/mol. The lowest BCUT2D eigenvalue weighted by atomic mass is 10.1. The van der Waals surface area contributed by atoms with Crippen molar-refractivity contribution in [1.82, 2.24) is 10.2 Å². The van der Waals surface area contributed by atoms with Crippen molar-refractivity contribution in [1.29, 1.82) is 0 Å². The second-order valence-electron chi connectivity index (χ2n) is 4.90. The molecule has 2 heterocycles. The van der Waals surface area contributed by atoms with Crippen molar-refractivity contribution < 1.29 is 9.84 Å². The van der Waals surface area contributed by atoms with Crippen molar-refractivity contribution in [3.05, 3.63) is 48.2 Å². The number of benzene rings is 2. The van der Waals surface area contributed by atoms with Crippen molar-refractivity contribution in [2.45, 2.75) is 6.04 Å². The summed E-state index contributed by atoms with van der Waals surface area (Å²) in [5, 5.41) is 20.9. The molecule has 5 heteroatoms. The van der Waals surface area contributed by atoms with E-state index in [4.69, 9.17) is 4.74 Å². The van der Waals surface area contributed by atoms with Gasteiger partial charge in [0, 0.05) is 22.7 Å². The van der Waals surface area contributed by atoms with Crippen molar-refractivity contribution >= 4 is 16.6 Å². The molecule has 0 saturated carbocycles. The van der Waals surface area contributed by atoms with Gasteiger partial charge >= 0.3 is 0 Å². The highest BCUT2D eigenvalue weighted by Gasteiger charge is 2.24. The highest BCUT2D eigenvalue weighted by molar-refractivity contribution is 5.81. The minimum absolute atomic E-state index is 0.0925. The first-order chi connectivity index (χ1) is 9.79. The highest BCUT2D eigenvalue weighted by Crippen LogP contribution is 2.36. The van der Waals surface area contributed by atoms with E-state index in [1.54, 1.807) is 18.3 Å². The van der Waals surface area contributed by atoms with Crippen molar-refractivity contribution in [3.63, 3.8) is 0 Å². The predicted molar refractivity (Wildman–Crippen MR) is 76.1 cm³/mol. The maximum atomic E-state index is 9.46. The van der Waals surface area contributed by atoms with E-state index in [2.05, 4.69) is 21.6 Å². The van der Waals surface area contributed by atoms with E-state index in [0.717, 1.165) is 27.9 Å². The van der Waals surface area contributed by atoms with E-state index >= 15 is 0 Å². The fourth-order valence-corrected chi connectivity index (χ4v) is 2.55. The van der Waals surface area contributed by atoms with Gasteiger partial charge in [0.2, 0.25) is 0 Å². The number of phenols is 1. The van der Waals surface area contributed by atoms with Crippen LogP contribution in [0.15, 0.2) is 42.6 Å². The molecule has 0 radical (unpaired) electrons. The van der Waals surface area contributed by atoms with Crippen LogP contribution in [0.4, 0.5) is 5.69 Å². The lowest BCUT2D eigenvalue weighted by Crippen LogP contribution is -2.11. The molecule has 0 amide bonds. The molecule has 3 aromatic rings. The van der Waals surface area contributed by atoms with Crippen LogP contribution in [-0.2, 0) is 0 Å². The van der Waals surface area contributed by atoms with Crippen LogP contribution in [0.5, 0.6) is 11.5 Å². The minimum Gasteiger partial charge on any atom is -0.508 e. The summed E-state index contributed by atoms with van der Waals surface area (Å²) in [5.74, 6) is 0.969. The summed E-state index contributed by atoms with van der Waals surface area (Å²) in [5.41, 5.74) is 3.10. The number of nitrogens with zero attached hydrogens (tertiary/aromatic N) is 1. The molecule has 0 aliphatic carbocycles. The number of ether oxygens (including phenoxy) is 1. The third-order valence-electron chi connectivity index (χ3n) is 3.56. The first kappa shape index (κ1) is 11.2. The molecule has 1 aliphatic heterocycles. The Hall–Kier alpha value is -2.69. The van der Waals surface area contributed by atoms with Crippen LogP contribution in [0, 0.1) is 0 Å². The molecule has 0 bridgehead atoms. The van der Waals surface area contributed by atoms with Gasteiger partial charge in [-0.15, -0.1) is 0 Å². The van der Waals surface area contributed by atoms with Crippen LogP contribution in [0.1, 0.15) is 11.6 Å². The van der Waals surface area contributed by atoms with Gasteiger partial charge in [-0.05, 0) is 30.3 Å². The zero-order chi connectivity index (χ0) is 13.5. The molecule has 2 aromatic carbocycles. The molecule has 20 heavy (non-hydrogen) atoms. The highest BCUT2D eigenvalue weighted by atomic mass is 16.5. The summed E-state index contributed by atoms with van der Waals surface area (Å²) < 4.78 is 5.60. The van der Waals surface area contributed by atoms with E-state index in [1.165, 1.54) is 0 Å². The molecule has 100 valence electrons. The number of hydrogen-bond acceptors (Lipinski definition) is 4. The first-order valence-electron chi connectivity index (χ1n) is 6.45. The molecular formula is C15H13N3O2.